The van der Waals surface area contributed by atoms with Gasteiger partial charge in [-0.1, -0.05) is 36.4 Å². The van der Waals surface area contributed by atoms with Crippen molar-refractivity contribution in [3.63, 3.8) is 0 Å². The first-order valence-electron chi connectivity index (χ1n) is 9.37. The minimum absolute atomic E-state index is 0.160. The topological polar surface area (TPSA) is 30.9 Å². The molecule has 2 aromatic carbocycles. The van der Waals surface area contributed by atoms with Crippen LogP contribution in [0, 0.1) is 6.92 Å². The lowest BCUT2D eigenvalue weighted by atomic mass is 9.74. The molecular formula is C22H27NO3. The van der Waals surface area contributed by atoms with Crippen molar-refractivity contribution in [2.75, 3.05) is 33.6 Å². The van der Waals surface area contributed by atoms with Crippen molar-refractivity contribution >= 4 is 0 Å². The number of piperidine rings is 1. The molecule has 4 rings (SSSR count). The van der Waals surface area contributed by atoms with Crippen LogP contribution in [0.3, 0.4) is 0 Å². The van der Waals surface area contributed by atoms with Crippen LogP contribution in [0.4, 0.5) is 0 Å². The van der Waals surface area contributed by atoms with Crippen LogP contribution in [0.15, 0.2) is 42.5 Å². The van der Waals surface area contributed by atoms with Crippen LogP contribution in [0.1, 0.15) is 29.5 Å². The second kappa shape index (κ2) is 7.29. The van der Waals surface area contributed by atoms with Crippen molar-refractivity contribution in [3.05, 3.63) is 59.2 Å². The number of ether oxygens (including phenoxy) is 3. The summed E-state index contributed by atoms with van der Waals surface area (Å²) in [4.78, 5) is 2.56. The lowest BCUT2D eigenvalue weighted by Gasteiger charge is -2.38. The summed E-state index contributed by atoms with van der Waals surface area (Å²) in [6.45, 7) is 6.38. The highest BCUT2D eigenvalue weighted by atomic mass is 16.7. The molecule has 0 amide bonds. The Balaban J connectivity index is 1.47. The number of hydrogen-bond donors (Lipinski definition) is 0. The highest BCUT2D eigenvalue weighted by Crippen LogP contribution is 2.48. The zero-order chi connectivity index (χ0) is 18.0. The quantitative estimate of drug-likeness (QED) is 0.763. The van der Waals surface area contributed by atoms with Crippen molar-refractivity contribution in [1.29, 1.82) is 0 Å². The molecule has 0 aromatic heterocycles. The molecule has 4 nitrogen and oxygen atoms in total. The monoisotopic (exact) mass is 353 g/mol. The van der Waals surface area contributed by atoms with Gasteiger partial charge in [0, 0.05) is 30.2 Å². The van der Waals surface area contributed by atoms with E-state index in [4.69, 9.17) is 14.2 Å². The molecule has 1 spiro atoms. The molecule has 1 fully saturated rings. The summed E-state index contributed by atoms with van der Waals surface area (Å²) in [6, 6.07) is 15.0. The van der Waals surface area contributed by atoms with Gasteiger partial charge in [-0.15, -0.1) is 0 Å². The van der Waals surface area contributed by atoms with Gasteiger partial charge in [0.2, 0.25) is 0 Å². The molecule has 2 aromatic rings. The van der Waals surface area contributed by atoms with Crippen LogP contribution in [0.2, 0.25) is 0 Å². The Morgan fingerprint density at radius 1 is 1.08 bits per heavy atom. The predicted octanol–water partition coefficient (Wildman–Crippen LogP) is 3.90. The van der Waals surface area contributed by atoms with Gasteiger partial charge in [0.25, 0.3) is 0 Å². The third-order valence-corrected chi connectivity index (χ3v) is 5.81. The molecule has 0 bridgehead atoms. The number of rotatable bonds is 5. The molecule has 0 saturated carbocycles. The first-order valence-corrected chi connectivity index (χ1v) is 9.37. The third-order valence-electron chi connectivity index (χ3n) is 5.81. The van der Waals surface area contributed by atoms with Gasteiger partial charge in [0.1, 0.15) is 11.5 Å². The Morgan fingerprint density at radius 2 is 1.85 bits per heavy atom. The smallest absolute Gasteiger partial charge is 0.188 e. The summed E-state index contributed by atoms with van der Waals surface area (Å²) >= 11 is 0. The molecule has 26 heavy (non-hydrogen) atoms. The van der Waals surface area contributed by atoms with Gasteiger partial charge >= 0.3 is 0 Å². The fraction of sp³-hybridized carbons (Fsp3) is 0.455. The largest absolute Gasteiger partial charge is 0.492 e. The second-order valence-electron chi connectivity index (χ2n) is 7.45. The average molecular weight is 353 g/mol. The minimum Gasteiger partial charge on any atom is -0.492 e. The summed E-state index contributed by atoms with van der Waals surface area (Å²) in [7, 11) is 1.64. The normalized spacial score (nSPS) is 18.5. The fourth-order valence-electron chi connectivity index (χ4n) is 4.24. The Bertz CT molecular complexity index is 751. The predicted molar refractivity (Wildman–Crippen MR) is 102 cm³/mol. The van der Waals surface area contributed by atoms with E-state index in [2.05, 4.69) is 54.3 Å². The molecule has 2 heterocycles. The molecule has 138 valence electrons. The van der Waals surface area contributed by atoms with Crippen LogP contribution in [-0.4, -0.2) is 38.5 Å². The Kier molecular flexibility index (Phi) is 4.88. The molecule has 4 heteroatoms. The van der Waals surface area contributed by atoms with E-state index in [-0.39, 0.29) is 12.2 Å². The standard InChI is InChI=1S/C22H27NO3/c1-17-20(26-16-24-2)9-8-19-21(17)25-15-22(19)10-12-23(13-11-22)14-18-6-4-3-5-7-18/h3-9H,10-16H2,1-2H3. The maximum absolute atomic E-state index is 6.16. The Morgan fingerprint density at radius 3 is 2.58 bits per heavy atom. The molecule has 0 radical (unpaired) electrons. The molecule has 2 aliphatic rings. The Labute approximate surface area is 155 Å². The molecule has 0 unspecified atom stereocenters. The van der Waals surface area contributed by atoms with E-state index < -0.39 is 0 Å². The number of benzene rings is 2. The zero-order valence-electron chi connectivity index (χ0n) is 15.7. The summed E-state index contributed by atoms with van der Waals surface area (Å²) in [5.74, 6) is 1.87. The molecule has 0 N–H and O–H groups in total. The van der Waals surface area contributed by atoms with Crippen molar-refractivity contribution in [2.24, 2.45) is 0 Å². The lowest BCUT2D eigenvalue weighted by molar-refractivity contribution is 0.0504. The zero-order valence-corrected chi connectivity index (χ0v) is 15.7. The van der Waals surface area contributed by atoms with E-state index >= 15 is 0 Å². The SMILES string of the molecule is COCOc1ccc2c(c1C)OCC21CCN(Cc2ccccc2)CC1. The van der Waals surface area contributed by atoms with Gasteiger partial charge in [-0.25, -0.2) is 0 Å². The van der Waals surface area contributed by atoms with E-state index in [9.17, 15) is 0 Å². The van der Waals surface area contributed by atoms with Gasteiger partial charge < -0.3 is 14.2 Å². The third kappa shape index (κ3) is 3.19. The minimum atomic E-state index is 0.160. The maximum atomic E-state index is 6.16. The molecule has 2 aliphatic heterocycles. The van der Waals surface area contributed by atoms with E-state index in [1.165, 1.54) is 11.1 Å². The number of likely N-dealkylation sites (tertiary alicyclic amines) is 1. The van der Waals surface area contributed by atoms with Crippen molar-refractivity contribution in [3.8, 4) is 11.5 Å². The van der Waals surface area contributed by atoms with E-state index in [0.717, 1.165) is 56.1 Å². The summed E-state index contributed by atoms with van der Waals surface area (Å²) < 4.78 is 16.8. The number of hydrogen-bond acceptors (Lipinski definition) is 4. The Hall–Kier alpha value is -2.04. The van der Waals surface area contributed by atoms with Crippen LogP contribution >= 0.6 is 0 Å². The van der Waals surface area contributed by atoms with Crippen LogP contribution < -0.4 is 9.47 Å². The van der Waals surface area contributed by atoms with E-state index in [1.807, 2.05) is 0 Å². The number of fused-ring (bicyclic) bond motifs is 2. The van der Waals surface area contributed by atoms with Crippen molar-refractivity contribution in [1.82, 2.24) is 4.90 Å². The molecule has 0 atom stereocenters. The van der Waals surface area contributed by atoms with Gasteiger partial charge in [-0.05, 0) is 44.5 Å². The summed E-state index contributed by atoms with van der Waals surface area (Å²) in [5, 5.41) is 0. The first-order chi connectivity index (χ1) is 12.7. The molecular weight excluding hydrogens is 326 g/mol. The van der Waals surface area contributed by atoms with Gasteiger partial charge in [-0.3, -0.25) is 4.90 Å². The second-order valence-corrected chi connectivity index (χ2v) is 7.45. The molecule has 0 aliphatic carbocycles. The fourth-order valence-corrected chi connectivity index (χ4v) is 4.24. The number of nitrogens with zero attached hydrogens (tertiary/aromatic N) is 1. The van der Waals surface area contributed by atoms with Crippen LogP contribution in [0.5, 0.6) is 11.5 Å². The van der Waals surface area contributed by atoms with Crippen molar-refractivity contribution < 1.29 is 14.2 Å². The summed E-state index contributed by atoms with van der Waals surface area (Å²) in [6.07, 6.45) is 2.29. The highest BCUT2D eigenvalue weighted by molar-refractivity contribution is 5.55. The lowest BCUT2D eigenvalue weighted by Crippen LogP contribution is -2.43. The van der Waals surface area contributed by atoms with Gasteiger partial charge in [-0.2, -0.15) is 0 Å². The van der Waals surface area contributed by atoms with Crippen LogP contribution in [-0.2, 0) is 16.7 Å². The molecule has 1 saturated heterocycles. The van der Waals surface area contributed by atoms with Crippen molar-refractivity contribution in [2.45, 2.75) is 31.7 Å². The van der Waals surface area contributed by atoms with Gasteiger partial charge in [0.05, 0.1) is 6.61 Å². The average Bonchev–Trinajstić information content (AvgIpc) is 3.03. The maximum Gasteiger partial charge on any atom is 0.188 e. The summed E-state index contributed by atoms with van der Waals surface area (Å²) in [5.41, 5.74) is 4.00. The van der Waals surface area contributed by atoms with Gasteiger partial charge in [0.15, 0.2) is 6.79 Å². The first kappa shape index (κ1) is 17.4. The van der Waals surface area contributed by atoms with E-state index in [0.29, 0.717) is 0 Å². The number of methoxy groups -OCH3 is 1. The van der Waals surface area contributed by atoms with Crippen LogP contribution in [0.25, 0.3) is 0 Å². The van der Waals surface area contributed by atoms with E-state index in [1.54, 1.807) is 7.11 Å². The highest BCUT2D eigenvalue weighted by Gasteiger charge is 2.43.